The van der Waals surface area contributed by atoms with Crippen LogP contribution in [0.3, 0.4) is 0 Å². The number of carbonyl (C=O) groups is 1. The third kappa shape index (κ3) is 3.67. The molecule has 118 valence electrons. The number of nitrogens with one attached hydrogen (secondary N) is 1. The van der Waals surface area contributed by atoms with Crippen molar-refractivity contribution in [3.8, 4) is 5.75 Å². The summed E-state index contributed by atoms with van der Waals surface area (Å²) < 4.78 is 11.0. The number of ether oxygens (including phenoxy) is 1. The molecule has 0 aliphatic carbocycles. The third-order valence-corrected chi connectivity index (χ3v) is 3.44. The largest absolute Gasteiger partial charge is 0.488 e. The van der Waals surface area contributed by atoms with Gasteiger partial charge in [-0.1, -0.05) is 29.8 Å². The van der Waals surface area contributed by atoms with Gasteiger partial charge in [-0.05, 0) is 38.8 Å². The van der Waals surface area contributed by atoms with Crippen molar-refractivity contribution < 1.29 is 14.1 Å². The van der Waals surface area contributed by atoms with Crippen LogP contribution in [0.1, 0.15) is 46.3 Å². The van der Waals surface area contributed by atoms with Crippen LogP contribution in [0.5, 0.6) is 5.75 Å². The lowest BCUT2D eigenvalue weighted by Crippen LogP contribution is -2.25. The number of amides is 1. The molecule has 1 amide bonds. The first-order valence-corrected chi connectivity index (χ1v) is 7.46. The average molecular weight is 302 g/mol. The minimum Gasteiger partial charge on any atom is -0.488 e. The van der Waals surface area contributed by atoms with Crippen molar-refractivity contribution in [3.63, 3.8) is 0 Å². The van der Waals surface area contributed by atoms with Crippen LogP contribution in [-0.2, 0) is 6.61 Å². The van der Waals surface area contributed by atoms with Gasteiger partial charge in [0.1, 0.15) is 18.1 Å². The Balaban J connectivity index is 2.12. The molecule has 0 spiro atoms. The molecule has 0 saturated heterocycles. The molecule has 0 atom stereocenters. The summed E-state index contributed by atoms with van der Waals surface area (Å²) in [5.41, 5.74) is 3.24. The molecule has 1 aromatic heterocycles. The lowest BCUT2D eigenvalue weighted by Gasteiger charge is -2.10. The predicted molar refractivity (Wildman–Crippen MR) is 84.1 cm³/mol. The summed E-state index contributed by atoms with van der Waals surface area (Å²) in [6.45, 7) is 8.69. The Labute approximate surface area is 130 Å². The smallest absolute Gasteiger partial charge is 0.273 e. The van der Waals surface area contributed by atoms with E-state index in [1.807, 2.05) is 32.9 Å². The van der Waals surface area contributed by atoms with E-state index in [1.54, 1.807) is 6.92 Å². The van der Waals surface area contributed by atoms with Gasteiger partial charge in [0.05, 0.1) is 5.56 Å². The van der Waals surface area contributed by atoms with E-state index in [2.05, 4.69) is 16.5 Å². The monoisotopic (exact) mass is 302 g/mol. The summed E-state index contributed by atoms with van der Waals surface area (Å²) in [5.74, 6) is 1.18. The Bertz CT molecular complexity index is 662. The van der Waals surface area contributed by atoms with Gasteiger partial charge in [-0.15, -0.1) is 0 Å². The fraction of sp³-hybridized carbons (Fsp3) is 0.412. The van der Waals surface area contributed by atoms with Gasteiger partial charge >= 0.3 is 0 Å². The second-order valence-electron chi connectivity index (χ2n) is 5.38. The first-order chi connectivity index (χ1) is 10.5. The molecule has 0 aliphatic rings. The number of nitrogens with zero attached hydrogens (tertiary/aromatic N) is 1. The number of rotatable bonds is 6. The number of benzene rings is 1. The highest BCUT2D eigenvalue weighted by atomic mass is 16.5. The molecule has 1 aromatic carbocycles. The van der Waals surface area contributed by atoms with Crippen molar-refractivity contribution in [2.24, 2.45) is 0 Å². The summed E-state index contributed by atoms with van der Waals surface area (Å²) >= 11 is 0. The van der Waals surface area contributed by atoms with E-state index in [1.165, 1.54) is 5.56 Å². The summed E-state index contributed by atoms with van der Waals surface area (Å²) in [6, 6.07) is 5.99. The maximum absolute atomic E-state index is 12.1. The van der Waals surface area contributed by atoms with Crippen LogP contribution >= 0.6 is 0 Å². The molecule has 5 heteroatoms. The van der Waals surface area contributed by atoms with Gasteiger partial charge in [-0.2, -0.15) is 0 Å². The topological polar surface area (TPSA) is 64.4 Å². The zero-order valence-corrected chi connectivity index (χ0v) is 13.5. The molecule has 1 N–H and O–H groups in total. The highest BCUT2D eigenvalue weighted by Crippen LogP contribution is 2.22. The Morgan fingerprint density at radius 1 is 1.32 bits per heavy atom. The predicted octanol–water partition coefficient (Wildman–Crippen LogP) is 3.32. The molecule has 22 heavy (non-hydrogen) atoms. The molecule has 0 saturated carbocycles. The van der Waals surface area contributed by atoms with E-state index in [0.29, 0.717) is 23.6 Å². The van der Waals surface area contributed by atoms with Gasteiger partial charge in [-0.3, -0.25) is 4.79 Å². The quantitative estimate of drug-likeness (QED) is 0.889. The van der Waals surface area contributed by atoms with Crippen molar-refractivity contribution in [1.82, 2.24) is 10.5 Å². The van der Waals surface area contributed by atoms with E-state index in [0.717, 1.165) is 17.7 Å². The van der Waals surface area contributed by atoms with Gasteiger partial charge in [0.25, 0.3) is 5.91 Å². The molecule has 2 rings (SSSR count). The second kappa shape index (κ2) is 7.11. The Morgan fingerprint density at radius 2 is 2.09 bits per heavy atom. The van der Waals surface area contributed by atoms with Gasteiger partial charge < -0.3 is 14.6 Å². The average Bonchev–Trinajstić information content (AvgIpc) is 2.85. The van der Waals surface area contributed by atoms with Crippen LogP contribution in [0.2, 0.25) is 0 Å². The van der Waals surface area contributed by atoms with Crippen molar-refractivity contribution in [2.75, 3.05) is 6.54 Å². The fourth-order valence-electron chi connectivity index (χ4n) is 2.17. The maximum atomic E-state index is 12.1. The van der Waals surface area contributed by atoms with Crippen LogP contribution in [0.25, 0.3) is 0 Å². The molecule has 0 bridgehead atoms. The Hall–Kier alpha value is -2.30. The molecule has 5 nitrogen and oxygen atoms in total. The molecule has 0 unspecified atom stereocenters. The number of hydrogen-bond donors (Lipinski definition) is 1. The van der Waals surface area contributed by atoms with E-state index in [4.69, 9.17) is 9.26 Å². The van der Waals surface area contributed by atoms with E-state index in [-0.39, 0.29) is 12.5 Å². The van der Waals surface area contributed by atoms with E-state index >= 15 is 0 Å². The zero-order valence-electron chi connectivity index (χ0n) is 13.5. The van der Waals surface area contributed by atoms with E-state index < -0.39 is 0 Å². The lowest BCUT2D eigenvalue weighted by atomic mass is 10.1. The van der Waals surface area contributed by atoms with Gasteiger partial charge in [0, 0.05) is 6.54 Å². The SMILES string of the molecule is CCCNC(=O)c1noc(C)c1COc1ccc(C)cc1C. The van der Waals surface area contributed by atoms with E-state index in [9.17, 15) is 4.79 Å². The highest BCUT2D eigenvalue weighted by molar-refractivity contribution is 5.93. The van der Waals surface area contributed by atoms with Gasteiger partial charge in [0.2, 0.25) is 0 Å². The van der Waals surface area contributed by atoms with Crippen LogP contribution < -0.4 is 10.1 Å². The number of aromatic nitrogens is 1. The van der Waals surface area contributed by atoms with Crippen LogP contribution in [0.15, 0.2) is 22.7 Å². The van der Waals surface area contributed by atoms with Gasteiger partial charge in [-0.25, -0.2) is 0 Å². The van der Waals surface area contributed by atoms with Crippen molar-refractivity contribution in [1.29, 1.82) is 0 Å². The normalized spacial score (nSPS) is 10.5. The summed E-state index contributed by atoms with van der Waals surface area (Å²) in [5, 5.41) is 6.65. The third-order valence-electron chi connectivity index (χ3n) is 3.44. The van der Waals surface area contributed by atoms with Crippen LogP contribution in [0.4, 0.5) is 0 Å². The molecule has 2 aromatic rings. The summed E-state index contributed by atoms with van der Waals surface area (Å²) in [7, 11) is 0. The Morgan fingerprint density at radius 3 is 2.77 bits per heavy atom. The Kier molecular flexibility index (Phi) is 5.20. The fourth-order valence-corrected chi connectivity index (χ4v) is 2.17. The first kappa shape index (κ1) is 16.1. The summed E-state index contributed by atoms with van der Waals surface area (Å²) in [4.78, 5) is 12.1. The summed E-state index contributed by atoms with van der Waals surface area (Å²) in [6.07, 6.45) is 0.872. The maximum Gasteiger partial charge on any atom is 0.273 e. The van der Waals surface area contributed by atoms with Crippen molar-refractivity contribution in [2.45, 2.75) is 40.7 Å². The second-order valence-corrected chi connectivity index (χ2v) is 5.38. The van der Waals surface area contributed by atoms with Gasteiger partial charge in [0.15, 0.2) is 5.69 Å². The van der Waals surface area contributed by atoms with Crippen LogP contribution in [0, 0.1) is 20.8 Å². The van der Waals surface area contributed by atoms with Crippen molar-refractivity contribution >= 4 is 5.91 Å². The molecular weight excluding hydrogens is 280 g/mol. The highest BCUT2D eigenvalue weighted by Gasteiger charge is 2.20. The minimum atomic E-state index is -0.224. The number of carbonyl (C=O) groups excluding carboxylic acids is 1. The van der Waals surface area contributed by atoms with Crippen molar-refractivity contribution in [3.05, 3.63) is 46.3 Å². The standard InChI is InChI=1S/C17H22N2O3/c1-5-8-18-17(20)16-14(13(4)22-19-16)10-21-15-7-6-11(2)9-12(15)3/h6-7,9H,5,8,10H2,1-4H3,(H,18,20). The van der Waals surface area contributed by atoms with Crippen LogP contribution in [-0.4, -0.2) is 17.6 Å². The molecule has 0 aliphatic heterocycles. The number of hydrogen-bond acceptors (Lipinski definition) is 4. The molecular formula is C17H22N2O3. The molecule has 0 radical (unpaired) electrons. The first-order valence-electron chi connectivity index (χ1n) is 7.46. The molecule has 1 heterocycles. The lowest BCUT2D eigenvalue weighted by molar-refractivity contribution is 0.0942. The minimum absolute atomic E-state index is 0.224. The zero-order chi connectivity index (χ0) is 16.1. The number of aryl methyl sites for hydroxylation is 3. The molecule has 0 fully saturated rings.